The van der Waals surface area contributed by atoms with Crippen LogP contribution in [-0.2, 0) is 6.42 Å². The summed E-state index contributed by atoms with van der Waals surface area (Å²) in [5.74, 6) is 1.64. The van der Waals surface area contributed by atoms with Gasteiger partial charge in [0.2, 0.25) is 6.29 Å². The first kappa shape index (κ1) is 15.2. The van der Waals surface area contributed by atoms with Gasteiger partial charge in [0.1, 0.15) is 11.5 Å². The zero-order valence-electron chi connectivity index (χ0n) is 13.0. The summed E-state index contributed by atoms with van der Waals surface area (Å²) in [6.07, 6.45) is 1.37. The van der Waals surface area contributed by atoms with Crippen molar-refractivity contribution >= 4 is 0 Å². The molecule has 0 aliphatic rings. The zero-order chi connectivity index (χ0) is 15.7. The lowest BCUT2D eigenvalue weighted by Gasteiger charge is -2.20. The number of benzene rings is 3. The minimum atomic E-state index is -0.319. The molecule has 3 aromatic rings. The summed E-state index contributed by atoms with van der Waals surface area (Å²) in [6, 6.07) is 30.0. The minimum Gasteiger partial charge on any atom is -0.455 e. The Morgan fingerprint density at radius 1 is 0.565 bits per heavy atom. The van der Waals surface area contributed by atoms with Crippen LogP contribution < -0.4 is 9.47 Å². The van der Waals surface area contributed by atoms with Crippen LogP contribution in [0.1, 0.15) is 12.0 Å². The third-order valence-corrected chi connectivity index (χ3v) is 3.53. The van der Waals surface area contributed by atoms with Crippen LogP contribution in [0, 0.1) is 0 Å². The molecule has 0 N–H and O–H groups in total. The zero-order valence-corrected chi connectivity index (χ0v) is 13.0. The number of ether oxygens (including phenoxy) is 2. The monoisotopic (exact) mass is 304 g/mol. The molecule has 116 valence electrons. The first-order chi connectivity index (χ1) is 11.4. The van der Waals surface area contributed by atoms with Gasteiger partial charge in [-0.3, -0.25) is 0 Å². The van der Waals surface area contributed by atoms with E-state index in [0.29, 0.717) is 0 Å². The molecule has 2 nitrogen and oxygen atoms in total. The second-order valence-corrected chi connectivity index (χ2v) is 5.32. The fourth-order valence-electron chi connectivity index (χ4n) is 2.37. The van der Waals surface area contributed by atoms with Crippen LogP contribution >= 0.6 is 0 Å². The molecule has 0 heterocycles. The number of rotatable bonds is 7. The molecule has 0 bridgehead atoms. The third-order valence-electron chi connectivity index (χ3n) is 3.53. The Morgan fingerprint density at radius 2 is 1.00 bits per heavy atom. The normalized spacial score (nSPS) is 10.5. The van der Waals surface area contributed by atoms with Crippen molar-refractivity contribution < 1.29 is 9.47 Å². The van der Waals surface area contributed by atoms with Crippen LogP contribution in [0.2, 0.25) is 0 Å². The lowest BCUT2D eigenvalue weighted by Crippen LogP contribution is -2.24. The van der Waals surface area contributed by atoms with Crippen molar-refractivity contribution in [3.05, 3.63) is 96.6 Å². The number of aryl methyl sites for hydroxylation is 1. The van der Waals surface area contributed by atoms with Gasteiger partial charge in [-0.25, -0.2) is 0 Å². The highest BCUT2D eigenvalue weighted by atomic mass is 16.7. The molecule has 0 saturated heterocycles. The minimum absolute atomic E-state index is 0.319. The molecule has 0 atom stereocenters. The van der Waals surface area contributed by atoms with E-state index >= 15 is 0 Å². The average Bonchev–Trinajstić information content (AvgIpc) is 2.62. The number of hydrogen-bond donors (Lipinski definition) is 0. The number of hydrogen-bond acceptors (Lipinski definition) is 2. The van der Waals surface area contributed by atoms with Gasteiger partial charge in [0.25, 0.3) is 0 Å². The molecular formula is C21H20O2. The second kappa shape index (κ2) is 8.04. The van der Waals surface area contributed by atoms with Gasteiger partial charge in [-0.05, 0) is 36.2 Å². The molecule has 3 aromatic carbocycles. The topological polar surface area (TPSA) is 18.5 Å². The smallest absolute Gasteiger partial charge is 0.241 e. The van der Waals surface area contributed by atoms with Crippen molar-refractivity contribution in [1.29, 1.82) is 0 Å². The lowest BCUT2D eigenvalue weighted by atomic mass is 10.1. The van der Waals surface area contributed by atoms with E-state index in [9.17, 15) is 0 Å². The van der Waals surface area contributed by atoms with Crippen LogP contribution in [0.4, 0.5) is 0 Å². The van der Waals surface area contributed by atoms with Crippen molar-refractivity contribution in [2.24, 2.45) is 0 Å². The lowest BCUT2D eigenvalue weighted by molar-refractivity contribution is -0.000277. The molecule has 0 aliphatic heterocycles. The highest BCUT2D eigenvalue weighted by Crippen LogP contribution is 2.18. The highest BCUT2D eigenvalue weighted by molar-refractivity contribution is 5.23. The van der Waals surface area contributed by atoms with Gasteiger partial charge in [0, 0.05) is 6.42 Å². The maximum Gasteiger partial charge on any atom is 0.241 e. The molecule has 0 saturated carbocycles. The van der Waals surface area contributed by atoms with Crippen LogP contribution in [0.5, 0.6) is 11.5 Å². The van der Waals surface area contributed by atoms with Gasteiger partial charge in [-0.15, -0.1) is 0 Å². The van der Waals surface area contributed by atoms with Crippen molar-refractivity contribution in [2.45, 2.75) is 19.1 Å². The Balaban J connectivity index is 1.67. The fourth-order valence-corrected chi connectivity index (χ4v) is 2.37. The summed E-state index contributed by atoms with van der Waals surface area (Å²) in [7, 11) is 0. The fraction of sp³-hybridized carbons (Fsp3) is 0.143. The van der Waals surface area contributed by atoms with Gasteiger partial charge < -0.3 is 9.47 Å². The van der Waals surface area contributed by atoms with Crippen molar-refractivity contribution in [1.82, 2.24) is 0 Å². The summed E-state index contributed by atoms with van der Waals surface area (Å²) in [5, 5.41) is 0. The van der Waals surface area contributed by atoms with Gasteiger partial charge in [-0.1, -0.05) is 66.7 Å². The second-order valence-electron chi connectivity index (χ2n) is 5.32. The van der Waals surface area contributed by atoms with E-state index < -0.39 is 0 Å². The van der Waals surface area contributed by atoms with E-state index in [1.807, 2.05) is 66.7 Å². The largest absolute Gasteiger partial charge is 0.455 e. The van der Waals surface area contributed by atoms with Gasteiger partial charge in [0.15, 0.2) is 0 Å². The standard InChI is InChI=1S/C21H20O2/c1-4-10-18(11-5-1)16-17-21(22-19-12-6-2-7-13-19)23-20-14-8-3-9-15-20/h1-15,21H,16-17H2. The Hall–Kier alpha value is -2.74. The molecule has 0 radical (unpaired) electrons. The van der Waals surface area contributed by atoms with E-state index in [-0.39, 0.29) is 6.29 Å². The van der Waals surface area contributed by atoms with Gasteiger partial charge >= 0.3 is 0 Å². The first-order valence-corrected chi connectivity index (χ1v) is 7.87. The predicted octanol–water partition coefficient (Wildman–Crippen LogP) is 5.10. The van der Waals surface area contributed by atoms with E-state index in [1.165, 1.54) is 5.56 Å². The molecule has 23 heavy (non-hydrogen) atoms. The van der Waals surface area contributed by atoms with E-state index in [2.05, 4.69) is 24.3 Å². The summed E-state index contributed by atoms with van der Waals surface area (Å²) >= 11 is 0. The summed E-state index contributed by atoms with van der Waals surface area (Å²) < 4.78 is 12.0. The van der Waals surface area contributed by atoms with Crippen LogP contribution in [0.15, 0.2) is 91.0 Å². The van der Waals surface area contributed by atoms with Crippen molar-refractivity contribution in [3.8, 4) is 11.5 Å². The van der Waals surface area contributed by atoms with E-state index in [1.54, 1.807) is 0 Å². The Bertz CT molecular complexity index is 639. The molecule has 0 aliphatic carbocycles. The summed E-state index contributed by atoms with van der Waals surface area (Å²) in [4.78, 5) is 0. The SMILES string of the molecule is c1ccc(CCC(Oc2ccccc2)Oc2ccccc2)cc1. The van der Waals surface area contributed by atoms with Crippen molar-refractivity contribution in [2.75, 3.05) is 0 Å². The van der Waals surface area contributed by atoms with Crippen molar-refractivity contribution in [3.63, 3.8) is 0 Å². The Morgan fingerprint density at radius 3 is 1.48 bits per heavy atom. The summed E-state index contributed by atoms with van der Waals surface area (Å²) in [5.41, 5.74) is 1.28. The van der Waals surface area contributed by atoms with E-state index in [0.717, 1.165) is 24.3 Å². The highest BCUT2D eigenvalue weighted by Gasteiger charge is 2.12. The third kappa shape index (κ3) is 4.89. The molecule has 0 fully saturated rings. The Kier molecular flexibility index (Phi) is 5.30. The summed E-state index contributed by atoms with van der Waals surface area (Å²) in [6.45, 7) is 0. The Labute approximate surface area is 137 Å². The maximum atomic E-state index is 6.02. The van der Waals surface area contributed by atoms with Gasteiger partial charge in [-0.2, -0.15) is 0 Å². The molecule has 0 amide bonds. The molecule has 0 spiro atoms. The molecule has 2 heteroatoms. The molecule has 0 unspecified atom stereocenters. The van der Waals surface area contributed by atoms with E-state index in [4.69, 9.17) is 9.47 Å². The molecule has 0 aromatic heterocycles. The van der Waals surface area contributed by atoms with Gasteiger partial charge in [0.05, 0.1) is 0 Å². The predicted molar refractivity (Wildman–Crippen MR) is 92.7 cm³/mol. The quantitative estimate of drug-likeness (QED) is 0.565. The molecule has 3 rings (SSSR count). The maximum absolute atomic E-state index is 6.02. The number of para-hydroxylation sites is 2. The van der Waals surface area contributed by atoms with Crippen LogP contribution in [-0.4, -0.2) is 6.29 Å². The van der Waals surface area contributed by atoms with Crippen LogP contribution in [0.3, 0.4) is 0 Å². The van der Waals surface area contributed by atoms with Crippen LogP contribution in [0.25, 0.3) is 0 Å². The molecular weight excluding hydrogens is 284 g/mol. The average molecular weight is 304 g/mol. The first-order valence-electron chi connectivity index (χ1n) is 7.87.